The predicted octanol–water partition coefficient (Wildman–Crippen LogP) is 1.82. The highest BCUT2D eigenvalue weighted by molar-refractivity contribution is 8.68. The maximum Gasteiger partial charge on any atom is 0.219 e. The van der Waals surface area contributed by atoms with Crippen LogP contribution in [0.1, 0.15) is 19.8 Å². The van der Waals surface area contributed by atoms with Crippen molar-refractivity contribution in [3.05, 3.63) is 0 Å². The Morgan fingerprint density at radius 1 is 1.75 bits per heavy atom. The molecule has 2 nitrogen and oxygen atoms in total. The second-order valence-corrected chi connectivity index (χ2v) is 4.64. The van der Waals surface area contributed by atoms with Gasteiger partial charge < -0.3 is 4.90 Å². The minimum absolute atomic E-state index is 0.212. The first-order valence-corrected chi connectivity index (χ1v) is 6.29. The van der Waals surface area contributed by atoms with E-state index in [1.165, 1.54) is 6.42 Å². The summed E-state index contributed by atoms with van der Waals surface area (Å²) >= 11 is 4.13. The summed E-state index contributed by atoms with van der Waals surface area (Å²) in [5.41, 5.74) is 0. The Labute approximate surface area is 82.9 Å². The average molecular weight is 205 g/mol. The molecule has 1 amide bonds. The molecule has 1 aliphatic rings. The lowest BCUT2D eigenvalue weighted by Crippen LogP contribution is -2.39. The van der Waals surface area contributed by atoms with Crippen molar-refractivity contribution in [3.8, 4) is 0 Å². The SMILES string of the molecule is CC(=O)N1CCCC(CSS)C1. The van der Waals surface area contributed by atoms with E-state index in [1.807, 2.05) is 4.90 Å². The third-order valence-electron chi connectivity index (χ3n) is 2.27. The molecule has 0 aromatic heterocycles. The Morgan fingerprint density at radius 2 is 2.50 bits per heavy atom. The molecule has 0 radical (unpaired) electrons. The largest absolute Gasteiger partial charge is 0.343 e. The predicted molar refractivity (Wildman–Crippen MR) is 56.4 cm³/mol. The number of amides is 1. The fraction of sp³-hybridized carbons (Fsp3) is 0.875. The van der Waals surface area contributed by atoms with Gasteiger partial charge in [-0.05, 0) is 18.8 Å². The zero-order valence-corrected chi connectivity index (χ0v) is 9.03. The zero-order chi connectivity index (χ0) is 8.97. The molecule has 0 saturated carbocycles. The van der Waals surface area contributed by atoms with Crippen molar-refractivity contribution in [2.24, 2.45) is 5.92 Å². The number of piperidine rings is 1. The summed E-state index contributed by atoms with van der Waals surface area (Å²) in [6, 6.07) is 0. The van der Waals surface area contributed by atoms with Gasteiger partial charge in [0.05, 0.1) is 0 Å². The van der Waals surface area contributed by atoms with E-state index in [9.17, 15) is 4.79 Å². The quantitative estimate of drug-likeness (QED) is 0.548. The highest BCUT2D eigenvalue weighted by Gasteiger charge is 2.20. The molecule has 1 saturated heterocycles. The van der Waals surface area contributed by atoms with Crippen molar-refractivity contribution in [3.63, 3.8) is 0 Å². The molecule has 1 atom stereocenters. The number of nitrogens with zero attached hydrogens (tertiary/aromatic N) is 1. The van der Waals surface area contributed by atoms with Gasteiger partial charge in [0.1, 0.15) is 0 Å². The molecule has 0 bridgehead atoms. The van der Waals surface area contributed by atoms with Crippen molar-refractivity contribution in [2.45, 2.75) is 19.8 Å². The van der Waals surface area contributed by atoms with Gasteiger partial charge in [-0.15, -0.1) is 11.7 Å². The van der Waals surface area contributed by atoms with Crippen LogP contribution in [0.2, 0.25) is 0 Å². The van der Waals surface area contributed by atoms with Gasteiger partial charge in [-0.3, -0.25) is 4.79 Å². The van der Waals surface area contributed by atoms with E-state index in [0.717, 1.165) is 25.3 Å². The van der Waals surface area contributed by atoms with Crippen molar-refractivity contribution < 1.29 is 4.79 Å². The fourth-order valence-electron chi connectivity index (χ4n) is 1.59. The van der Waals surface area contributed by atoms with Gasteiger partial charge >= 0.3 is 0 Å². The van der Waals surface area contributed by atoms with E-state index < -0.39 is 0 Å². The summed E-state index contributed by atoms with van der Waals surface area (Å²) < 4.78 is 0. The van der Waals surface area contributed by atoms with Crippen LogP contribution in [0.25, 0.3) is 0 Å². The molecule has 0 aliphatic carbocycles. The van der Waals surface area contributed by atoms with E-state index in [-0.39, 0.29) is 5.91 Å². The van der Waals surface area contributed by atoms with Crippen LogP contribution in [0.15, 0.2) is 0 Å². The first-order chi connectivity index (χ1) is 5.74. The number of rotatable bonds is 2. The van der Waals surface area contributed by atoms with Crippen LogP contribution in [-0.4, -0.2) is 29.6 Å². The van der Waals surface area contributed by atoms with Crippen LogP contribution < -0.4 is 0 Å². The Bertz CT molecular complexity index is 161. The molecule has 1 rings (SSSR count). The number of carbonyl (C=O) groups excluding carboxylic acids is 1. The van der Waals surface area contributed by atoms with Crippen LogP contribution in [-0.2, 0) is 4.79 Å². The molecule has 4 heteroatoms. The lowest BCUT2D eigenvalue weighted by atomic mass is 10.0. The third-order valence-corrected chi connectivity index (χ3v) is 3.34. The topological polar surface area (TPSA) is 20.3 Å². The number of carbonyl (C=O) groups is 1. The summed E-state index contributed by atoms with van der Waals surface area (Å²) in [4.78, 5) is 13.0. The smallest absolute Gasteiger partial charge is 0.219 e. The highest BCUT2D eigenvalue weighted by atomic mass is 33.1. The molecule has 0 aromatic carbocycles. The number of thiol groups is 1. The Hall–Kier alpha value is 0.170. The van der Waals surface area contributed by atoms with Gasteiger partial charge in [0.25, 0.3) is 0 Å². The Morgan fingerprint density at radius 3 is 3.08 bits per heavy atom. The number of hydrogen-bond acceptors (Lipinski definition) is 3. The molecule has 1 heterocycles. The molecule has 0 spiro atoms. The molecular formula is C8H15NOS2. The molecule has 1 unspecified atom stereocenters. The van der Waals surface area contributed by atoms with Gasteiger partial charge in [0.2, 0.25) is 5.91 Å². The van der Waals surface area contributed by atoms with Crippen LogP contribution >= 0.6 is 22.5 Å². The zero-order valence-electron chi connectivity index (χ0n) is 7.32. The highest BCUT2D eigenvalue weighted by Crippen LogP contribution is 2.21. The average Bonchev–Trinajstić information content (AvgIpc) is 2.05. The fourth-order valence-corrected chi connectivity index (χ4v) is 2.71. The van der Waals surface area contributed by atoms with Gasteiger partial charge in [0.15, 0.2) is 0 Å². The second-order valence-electron chi connectivity index (χ2n) is 3.27. The standard InChI is InChI=1S/C8H15NOS2/c1-7(10)9-4-2-3-8(5-9)6-12-11/h8,11H,2-6H2,1H3. The Balaban J connectivity index is 2.35. The summed E-state index contributed by atoms with van der Waals surface area (Å²) in [7, 11) is 1.58. The minimum Gasteiger partial charge on any atom is -0.343 e. The van der Waals surface area contributed by atoms with Crippen LogP contribution in [0, 0.1) is 5.92 Å². The lowest BCUT2D eigenvalue weighted by Gasteiger charge is -2.31. The molecule has 1 aliphatic heterocycles. The minimum atomic E-state index is 0.212. The van der Waals surface area contributed by atoms with Gasteiger partial charge in [-0.1, -0.05) is 10.8 Å². The molecule has 0 aromatic rings. The summed E-state index contributed by atoms with van der Waals surface area (Å²) in [5, 5.41) is 0. The van der Waals surface area contributed by atoms with Crippen molar-refractivity contribution >= 4 is 28.4 Å². The van der Waals surface area contributed by atoms with Crippen molar-refractivity contribution in [1.29, 1.82) is 0 Å². The lowest BCUT2D eigenvalue weighted by molar-refractivity contribution is -0.130. The summed E-state index contributed by atoms with van der Waals surface area (Å²) in [5.74, 6) is 1.93. The van der Waals surface area contributed by atoms with Gasteiger partial charge in [-0.2, -0.15) is 0 Å². The maximum atomic E-state index is 11.0. The van der Waals surface area contributed by atoms with Crippen LogP contribution in [0.4, 0.5) is 0 Å². The monoisotopic (exact) mass is 205 g/mol. The number of hydrogen-bond donors (Lipinski definition) is 1. The maximum absolute atomic E-state index is 11.0. The second kappa shape index (κ2) is 5.02. The van der Waals surface area contributed by atoms with Crippen molar-refractivity contribution in [1.82, 2.24) is 4.90 Å². The molecule has 70 valence electrons. The molecule has 1 fully saturated rings. The third kappa shape index (κ3) is 2.90. The normalized spacial score (nSPS) is 24.2. The van der Waals surface area contributed by atoms with Crippen LogP contribution in [0.3, 0.4) is 0 Å². The van der Waals surface area contributed by atoms with E-state index in [4.69, 9.17) is 0 Å². The molecule has 12 heavy (non-hydrogen) atoms. The van der Waals surface area contributed by atoms with E-state index in [2.05, 4.69) is 11.7 Å². The van der Waals surface area contributed by atoms with E-state index in [0.29, 0.717) is 5.92 Å². The molecular weight excluding hydrogens is 190 g/mol. The van der Waals surface area contributed by atoms with Gasteiger partial charge in [-0.25, -0.2) is 0 Å². The summed E-state index contributed by atoms with van der Waals surface area (Å²) in [6.07, 6.45) is 2.40. The first-order valence-electron chi connectivity index (χ1n) is 4.26. The Kier molecular flexibility index (Phi) is 4.29. The van der Waals surface area contributed by atoms with E-state index in [1.54, 1.807) is 17.7 Å². The van der Waals surface area contributed by atoms with Crippen molar-refractivity contribution in [2.75, 3.05) is 18.8 Å². The summed E-state index contributed by atoms with van der Waals surface area (Å²) in [6.45, 7) is 3.53. The van der Waals surface area contributed by atoms with Crippen LogP contribution in [0.5, 0.6) is 0 Å². The van der Waals surface area contributed by atoms with E-state index >= 15 is 0 Å². The first kappa shape index (κ1) is 10.3. The number of likely N-dealkylation sites (tertiary alicyclic amines) is 1. The molecule has 0 N–H and O–H groups in total. The van der Waals surface area contributed by atoms with Gasteiger partial charge in [0, 0.05) is 25.8 Å².